The molecule has 146 valence electrons. The third-order valence-corrected chi connectivity index (χ3v) is 7.58. The number of fused-ring (bicyclic) bond motifs is 1. The summed E-state index contributed by atoms with van der Waals surface area (Å²) < 4.78 is 27.7. The van der Waals surface area contributed by atoms with E-state index in [1.54, 1.807) is 6.07 Å². The van der Waals surface area contributed by atoms with Gasteiger partial charge in [0.15, 0.2) is 0 Å². The highest BCUT2D eigenvalue weighted by atomic mass is 32.2. The van der Waals surface area contributed by atoms with Crippen LogP contribution in [0.15, 0.2) is 27.9 Å². The predicted molar refractivity (Wildman–Crippen MR) is 101 cm³/mol. The molecule has 1 amide bonds. The highest BCUT2D eigenvalue weighted by Gasteiger charge is 2.41. The Labute approximate surface area is 157 Å². The van der Waals surface area contributed by atoms with Crippen molar-refractivity contribution in [2.75, 3.05) is 19.6 Å². The van der Waals surface area contributed by atoms with Gasteiger partial charge >= 0.3 is 5.69 Å². The van der Waals surface area contributed by atoms with Crippen molar-refractivity contribution in [3.8, 4) is 0 Å². The lowest BCUT2D eigenvalue weighted by Gasteiger charge is -2.34. The van der Waals surface area contributed by atoms with Crippen LogP contribution in [-0.4, -0.2) is 59.2 Å². The minimum atomic E-state index is -3.81. The van der Waals surface area contributed by atoms with E-state index >= 15 is 0 Å². The molecule has 0 spiro atoms. The molecule has 2 aliphatic rings. The van der Waals surface area contributed by atoms with E-state index < -0.39 is 16.1 Å². The summed E-state index contributed by atoms with van der Waals surface area (Å²) in [4.78, 5) is 31.5. The standard InChI is InChI=1S/C18H24N4O4S/c1-12-6-9-21(10-7-12)17(23)16-3-2-8-22(16)27(25,26)13-4-5-14-15(11-13)20-18(24)19-14/h4-5,11-12,16H,2-3,6-10H2,1H3,(H2,19,20,24). The number of carbonyl (C=O) groups excluding carboxylic acids is 1. The van der Waals surface area contributed by atoms with Gasteiger partial charge in [-0.1, -0.05) is 6.92 Å². The van der Waals surface area contributed by atoms with Crippen LogP contribution in [-0.2, 0) is 14.8 Å². The van der Waals surface area contributed by atoms with Crippen LogP contribution in [0.25, 0.3) is 11.0 Å². The zero-order chi connectivity index (χ0) is 19.2. The number of aromatic amines is 2. The van der Waals surface area contributed by atoms with Crippen molar-refractivity contribution >= 4 is 27.0 Å². The molecule has 0 saturated carbocycles. The lowest BCUT2D eigenvalue weighted by Crippen LogP contribution is -2.49. The third-order valence-electron chi connectivity index (χ3n) is 5.68. The number of piperidine rings is 1. The Morgan fingerprint density at radius 1 is 1.07 bits per heavy atom. The fourth-order valence-electron chi connectivity index (χ4n) is 4.02. The predicted octanol–water partition coefficient (Wildman–Crippen LogP) is 1.27. The number of nitrogens with one attached hydrogen (secondary N) is 2. The van der Waals surface area contributed by atoms with Crippen molar-refractivity contribution in [2.45, 2.75) is 43.5 Å². The topological polar surface area (TPSA) is 106 Å². The maximum Gasteiger partial charge on any atom is 0.323 e. The Morgan fingerprint density at radius 3 is 2.52 bits per heavy atom. The molecule has 2 saturated heterocycles. The Kier molecular flexibility index (Phi) is 4.59. The van der Waals surface area contributed by atoms with E-state index in [1.165, 1.54) is 16.4 Å². The SMILES string of the molecule is CC1CCN(C(=O)C2CCCN2S(=O)(=O)c2ccc3[nH]c(=O)[nH]c3c2)CC1. The summed E-state index contributed by atoms with van der Waals surface area (Å²) in [6, 6.07) is 3.86. The van der Waals surface area contributed by atoms with Crippen molar-refractivity contribution in [2.24, 2.45) is 5.92 Å². The number of rotatable bonds is 3. The van der Waals surface area contributed by atoms with E-state index in [1.807, 2.05) is 4.90 Å². The zero-order valence-corrected chi connectivity index (χ0v) is 16.1. The molecule has 1 aromatic carbocycles. The minimum Gasteiger partial charge on any atom is -0.341 e. The Balaban J connectivity index is 1.61. The summed E-state index contributed by atoms with van der Waals surface area (Å²) in [6.45, 7) is 3.90. The number of imidazole rings is 1. The van der Waals surface area contributed by atoms with Crippen LogP contribution in [0.5, 0.6) is 0 Å². The number of nitrogens with zero attached hydrogens (tertiary/aromatic N) is 2. The number of H-pyrrole nitrogens is 2. The minimum absolute atomic E-state index is 0.0842. The van der Waals surface area contributed by atoms with Gasteiger partial charge in [0.2, 0.25) is 15.9 Å². The summed E-state index contributed by atoms with van der Waals surface area (Å²) >= 11 is 0. The van der Waals surface area contributed by atoms with Gasteiger partial charge in [-0.25, -0.2) is 13.2 Å². The van der Waals surface area contributed by atoms with Gasteiger partial charge in [0.1, 0.15) is 6.04 Å². The number of sulfonamides is 1. The molecule has 1 aromatic heterocycles. The monoisotopic (exact) mass is 392 g/mol. The first kappa shape index (κ1) is 18.2. The van der Waals surface area contributed by atoms with Gasteiger partial charge in [-0.05, 0) is 49.8 Å². The zero-order valence-electron chi connectivity index (χ0n) is 15.3. The highest BCUT2D eigenvalue weighted by molar-refractivity contribution is 7.89. The van der Waals surface area contributed by atoms with E-state index in [0.29, 0.717) is 49.4 Å². The van der Waals surface area contributed by atoms with Gasteiger partial charge in [0.05, 0.1) is 15.9 Å². The smallest absolute Gasteiger partial charge is 0.323 e. The molecule has 3 heterocycles. The highest BCUT2D eigenvalue weighted by Crippen LogP contribution is 2.29. The van der Waals surface area contributed by atoms with Gasteiger partial charge in [-0.2, -0.15) is 4.31 Å². The quantitative estimate of drug-likeness (QED) is 0.820. The Hall–Kier alpha value is -2.13. The second kappa shape index (κ2) is 6.79. The van der Waals surface area contributed by atoms with Crippen LogP contribution in [0, 0.1) is 5.92 Å². The molecule has 1 atom stereocenters. The molecular formula is C18H24N4O4S. The van der Waals surface area contributed by atoms with Crippen LogP contribution in [0.4, 0.5) is 0 Å². The van der Waals surface area contributed by atoms with E-state index in [9.17, 15) is 18.0 Å². The molecule has 0 aliphatic carbocycles. The molecule has 0 radical (unpaired) electrons. The molecule has 2 fully saturated rings. The molecule has 9 heteroatoms. The van der Waals surface area contributed by atoms with E-state index in [4.69, 9.17) is 0 Å². The lowest BCUT2D eigenvalue weighted by atomic mass is 9.98. The number of aromatic nitrogens is 2. The second-order valence-electron chi connectivity index (χ2n) is 7.57. The Bertz CT molecular complexity index is 1020. The molecular weight excluding hydrogens is 368 g/mol. The van der Waals surface area contributed by atoms with Crippen molar-refractivity contribution in [3.63, 3.8) is 0 Å². The summed E-state index contributed by atoms with van der Waals surface area (Å²) in [7, 11) is -3.81. The Morgan fingerprint density at radius 2 is 1.78 bits per heavy atom. The first-order valence-corrected chi connectivity index (χ1v) is 10.8. The average molecular weight is 392 g/mol. The third kappa shape index (κ3) is 3.29. The van der Waals surface area contributed by atoms with Gasteiger partial charge in [-0.3, -0.25) is 4.79 Å². The van der Waals surface area contributed by atoms with Crippen LogP contribution >= 0.6 is 0 Å². The molecule has 8 nitrogen and oxygen atoms in total. The molecule has 2 aromatic rings. The number of hydrogen-bond donors (Lipinski definition) is 2. The lowest BCUT2D eigenvalue weighted by molar-refractivity contribution is -0.135. The largest absolute Gasteiger partial charge is 0.341 e. The van der Waals surface area contributed by atoms with Gasteiger partial charge < -0.3 is 14.9 Å². The van der Waals surface area contributed by atoms with Crippen LogP contribution < -0.4 is 5.69 Å². The van der Waals surface area contributed by atoms with Crippen molar-refractivity contribution in [1.82, 2.24) is 19.2 Å². The van der Waals surface area contributed by atoms with Crippen molar-refractivity contribution in [1.29, 1.82) is 0 Å². The van der Waals surface area contributed by atoms with E-state index in [2.05, 4.69) is 16.9 Å². The fourth-order valence-corrected chi connectivity index (χ4v) is 5.70. The molecule has 2 N–H and O–H groups in total. The number of benzene rings is 1. The number of hydrogen-bond acceptors (Lipinski definition) is 4. The van der Waals surface area contributed by atoms with Crippen molar-refractivity contribution in [3.05, 3.63) is 28.7 Å². The molecule has 0 bridgehead atoms. The second-order valence-corrected chi connectivity index (χ2v) is 9.46. The molecule has 2 aliphatic heterocycles. The van der Waals surface area contributed by atoms with E-state index in [-0.39, 0.29) is 16.5 Å². The number of carbonyl (C=O) groups is 1. The fraction of sp³-hybridized carbons (Fsp3) is 0.556. The maximum absolute atomic E-state index is 13.2. The van der Waals surface area contributed by atoms with Crippen LogP contribution in [0.1, 0.15) is 32.6 Å². The number of likely N-dealkylation sites (tertiary alicyclic amines) is 1. The first-order chi connectivity index (χ1) is 12.9. The summed E-state index contributed by atoms with van der Waals surface area (Å²) in [5.74, 6) is 0.520. The first-order valence-electron chi connectivity index (χ1n) is 9.39. The average Bonchev–Trinajstić information content (AvgIpc) is 3.27. The van der Waals surface area contributed by atoms with Crippen LogP contribution in [0.2, 0.25) is 0 Å². The molecule has 4 rings (SSSR count). The van der Waals surface area contributed by atoms with E-state index in [0.717, 1.165) is 12.8 Å². The summed E-state index contributed by atoms with van der Waals surface area (Å²) in [5, 5.41) is 0. The van der Waals surface area contributed by atoms with Crippen molar-refractivity contribution < 1.29 is 13.2 Å². The molecule has 1 unspecified atom stereocenters. The summed E-state index contributed by atoms with van der Waals surface area (Å²) in [6.07, 6.45) is 3.14. The van der Waals surface area contributed by atoms with Gasteiger partial charge in [-0.15, -0.1) is 0 Å². The number of amides is 1. The molecule has 27 heavy (non-hydrogen) atoms. The van der Waals surface area contributed by atoms with Crippen LogP contribution in [0.3, 0.4) is 0 Å². The van der Waals surface area contributed by atoms with Gasteiger partial charge in [0.25, 0.3) is 0 Å². The normalized spacial score (nSPS) is 22.6. The van der Waals surface area contributed by atoms with Gasteiger partial charge in [0, 0.05) is 19.6 Å². The summed E-state index contributed by atoms with van der Waals surface area (Å²) in [5.41, 5.74) is 0.608. The maximum atomic E-state index is 13.2.